The van der Waals surface area contributed by atoms with Gasteiger partial charge in [-0.3, -0.25) is 4.99 Å². The Morgan fingerprint density at radius 2 is 1.88 bits per heavy atom. The first-order valence-corrected chi connectivity index (χ1v) is 9.73. The molecule has 6 heteroatoms. The van der Waals surface area contributed by atoms with E-state index in [2.05, 4.69) is 46.1 Å². The van der Waals surface area contributed by atoms with Gasteiger partial charge >= 0.3 is 0 Å². The van der Waals surface area contributed by atoms with Gasteiger partial charge in [0.05, 0.1) is 0 Å². The van der Waals surface area contributed by atoms with E-state index in [1.165, 1.54) is 37.7 Å². The highest BCUT2D eigenvalue weighted by Crippen LogP contribution is 2.28. The fraction of sp³-hybridized carbons (Fsp3) is 0.700. The molecule has 5 nitrogen and oxygen atoms in total. The number of pyridine rings is 1. The summed E-state index contributed by atoms with van der Waals surface area (Å²) in [5.41, 5.74) is 1.59. The van der Waals surface area contributed by atoms with E-state index >= 15 is 0 Å². The normalized spacial score (nSPS) is 20.5. The van der Waals surface area contributed by atoms with Gasteiger partial charge in [0.15, 0.2) is 5.96 Å². The van der Waals surface area contributed by atoms with Crippen molar-refractivity contribution >= 4 is 35.8 Å². The number of guanidine groups is 1. The summed E-state index contributed by atoms with van der Waals surface area (Å²) in [7, 11) is 1.87. The highest BCUT2D eigenvalue weighted by atomic mass is 127. The number of halogens is 1. The summed E-state index contributed by atoms with van der Waals surface area (Å²) in [4.78, 5) is 13.9. The molecule has 2 saturated heterocycles. The summed E-state index contributed by atoms with van der Waals surface area (Å²) in [5.74, 6) is 2.12. The maximum absolute atomic E-state index is 4.70. The first-order chi connectivity index (χ1) is 12.1. The van der Waals surface area contributed by atoms with Gasteiger partial charge < -0.3 is 15.1 Å². The molecule has 146 valence electrons. The molecule has 2 fully saturated rings. The number of rotatable bonds is 3. The van der Waals surface area contributed by atoms with Gasteiger partial charge in [-0.15, -0.1) is 24.0 Å². The van der Waals surface area contributed by atoms with Gasteiger partial charge in [-0.1, -0.05) is 32.8 Å². The SMILES string of the molecule is CN=C(NCc1ccc(N2CCCCCC2)nc1)N1CCC(C)(C)C1.I. The number of nitrogens with zero attached hydrogens (tertiary/aromatic N) is 4. The molecule has 2 aliphatic rings. The van der Waals surface area contributed by atoms with E-state index < -0.39 is 0 Å². The predicted molar refractivity (Wildman–Crippen MR) is 121 cm³/mol. The molecule has 26 heavy (non-hydrogen) atoms. The zero-order chi connectivity index (χ0) is 17.7. The van der Waals surface area contributed by atoms with Crippen LogP contribution >= 0.6 is 24.0 Å². The average Bonchev–Trinajstić information content (AvgIpc) is 2.81. The van der Waals surface area contributed by atoms with Crippen LogP contribution < -0.4 is 10.2 Å². The fourth-order valence-corrected chi connectivity index (χ4v) is 3.81. The van der Waals surface area contributed by atoms with Crippen LogP contribution in [-0.4, -0.2) is 49.1 Å². The van der Waals surface area contributed by atoms with Crippen molar-refractivity contribution in [2.24, 2.45) is 10.4 Å². The second-order valence-corrected chi connectivity index (χ2v) is 8.16. The Morgan fingerprint density at radius 1 is 1.15 bits per heavy atom. The van der Waals surface area contributed by atoms with Crippen molar-refractivity contribution in [1.29, 1.82) is 0 Å². The van der Waals surface area contributed by atoms with Crippen molar-refractivity contribution in [2.45, 2.75) is 52.5 Å². The largest absolute Gasteiger partial charge is 0.357 e. The van der Waals surface area contributed by atoms with Crippen molar-refractivity contribution in [1.82, 2.24) is 15.2 Å². The van der Waals surface area contributed by atoms with E-state index in [9.17, 15) is 0 Å². The average molecular weight is 471 g/mol. The summed E-state index contributed by atoms with van der Waals surface area (Å²) in [6, 6.07) is 4.37. The molecule has 2 aliphatic heterocycles. The van der Waals surface area contributed by atoms with Gasteiger partial charge in [-0.2, -0.15) is 0 Å². The van der Waals surface area contributed by atoms with Crippen molar-refractivity contribution in [3.63, 3.8) is 0 Å². The quantitative estimate of drug-likeness (QED) is 0.413. The molecule has 1 N–H and O–H groups in total. The molecule has 3 heterocycles. The molecule has 0 aliphatic carbocycles. The highest BCUT2D eigenvalue weighted by molar-refractivity contribution is 14.0. The van der Waals surface area contributed by atoms with Crippen LogP contribution in [0, 0.1) is 5.41 Å². The Balaban J connectivity index is 0.00000243. The van der Waals surface area contributed by atoms with Crippen molar-refractivity contribution in [2.75, 3.05) is 38.1 Å². The number of aromatic nitrogens is 1. The van der Waals surface area contributed by atoms with E-state index in [-0.39, 0.29) is 24.0 Å². The van der Waals surface area contributed by atoms with Gasteiger partial charge in [0.1, 0.15) is 5.82 Å². The lowest BCUT2D eigenvalue weighted by atomic mass is 9.93. The Hall–Kier alpha value is -1.05. The third-order valence-corrected chi connectivity index (χ3v) is 5.38. The molecular weight excluding hydrogens is 437 g/mol. The molecule has 0 radical (unpaired) electrons. The minimum Gasteiger partial charge on any atom is -0.357 e. The fourth-order valence-electron chi connectivity index (χ4n) is 3.81. The molecule has 0 spiro atoms. The number of aliphatic imine (C=N–C) groups is 1. The Kier molecular flexibility index (Phi) is 7.98. The number of nitrogens with one attached hydrogen (secondary N) is 1. The van der Waals surface area contributed by atoms with Crippen LogP contribution in [0.15, 0.2) is 23.3 Å². The predicted octanol–water partition coefficient (Wildman–Crippen LogP) is 3.89. The molecule has 1 aromatic rings. The van der Waals surface area contributed by atoms with E-state index in [1.54, 1.807) is 0 Å². The van der Waals surface area contributed by atoms with E-state index in [0.29, 0.717) is 5.41 Å². The number of hydrogen-bond donors (Lipinski definition) is 1. The molecule has 0 unspecified atom stereocenters. The third kappa shape index (κ3) is 5.72. The van der Waals surface area contributed by atoms with Gasteiger partial charge in [0.25, 0.3) is 0 Å². The minimum atomic E-state index is 0. The second-order valence-electron chi connectivity index (χ2n) is 8.16. The number of anilines is 1. The van der Waals surface area contributed by atoms with Crippen LogP contribution in [0.3, 0.4) is 0 Å². The summed E-state index contributed by atoms with van der Waals surface area (Å²) < 4.78 is 0. The Bertz CT molecular complexity index is 576. The van der Waals surface area contributed by atoms with Gasteiger partial charge in [-0.05, 0) is 36.3 Å². The maximum Gasteiger partial charge on any atom is 0.193 e. The Morgan fingerprint density at radius 3 is 2.42 bits per heavy atom. The molecule has 3 rings (SSSR count). The zero-order valence-corrected chi connectivity index (χ0v) is 18.8. The first-order valence-electron chi connectivity index (χ1n) is 9.73. The number of hydrogen-bond acceptors (Lipinski definition) is 3. The molecule has 0 amide bonds. The van der Waals surface area contributed by atoms with E-state index in [4.69, 9.17) is 4.98 Å². The molecule has 1 aromatic heterocycles. The highest BCUT2D eigenvalue weighted by Gasteiger charge is 2.30. The zero-order valence-electron chi connectivity index (χ0n) is 16.5. The molecular formula is C20H34IN5. The Labute approximate surface area is 175 Å². The molecule has 0 saturated carbocycles. The van der Waals surface area contributed by atoms with Crippen LogP contribution in [0.4, 0.5) is 5.82 Å². The second kappa shape index (κ2) is 9.76. The van der Waals surface area contributed by atoms with Gasteiger partial charge in [0, 0.05) is 46.0 Å². The lowest BCUT2D eigenvalue weighted by Gasteiger charge is -2.24. The summed E-state index contributed by atoms with van der Waals surface area (Å²) in [6.07, 6.45) is 8.51. The van der Waals surface area contributed by atoms with Crippen molar-refractivity contribution < 1.29 is 0 Å². The van der Waals surface area contributed by atoms with Crippen LogP contribution in [0.5, 0.6) is 0 Å². The molecule has 0 atom stereocenters. The smallest absolute Gasteiger partial charge is 0.193 e. The standard InChI is InChI=1S/C20H33N5.HI/c1-20(2)10-13-25(16-20)19(21-3)23-15-17-8-9-18(22-14-17)24-11-6-4-5-7-12-24;/h8-9,14H,4-7,10-13,15-16H2,1-3H3,(H,21,23);1H. The van der Waals surface area contributed by atoms with Gasteiger partial charge in [-0.25, -0.2) is 4.98 Å². The summed E-state index contributed by atoms with van der Waals surface area (Å²) in [6.45, 7) is 9.86. The van der Waals surface area contributed by atoms with Crippen LogP contribution in [0.1, 0.15) is 51.5 Å². The van der Waals surface area contributed by atoms with Crippen molar-refractivity contribution in [3.8, 4) is 0 Å². The number of likely N-dealkylation sites (tertiary alicyclic amines) is 1. The third-order valence-electron chi connectivity index (χ3n) is 5.38. The molecule has 0 bridgehead atoms. The van der Waals surface area contributed by atoms with E-state index in [0.717, 1.165) is 44.5 Å². The van der Waals surface area contributed by atoms with Gasteiger partial charge in [0.2, 0.25) is 0 Å². The monoisotopic (exact) mass is 471 g/mol. The lowest BCUT2D eigenvalue weighted by Crippen LogP contribution is -2.40. The van der Waals surface area contributed by atoms with Crippen LogP contribution in [0.25, 0.3) is 0 Å². The van der Waals surface area contributed by atoms with Crippen LogP contribution in [0.2, 0.25) is 0 Å². The summed E-state index contributed by atoms with van der Waals surface area (Å²) in [5, 5.41) is 3.50. The molecule has 0 aromatic carbocycles. The topological polar surface area (TPSA) is 43.8 Å². The maximum atomic E-state index is 4.70. The minimum absolute atomic E-state index is 0. The van der Waals surface area contributed by atoms with E-state index in [1.807, 2.05) is 13.2 Å². The first kappa shape index (κ1) is 21.3. The summed E-state index contributed by atoms with van der Waals surface area (Å²) >= 11 is 0. The van der Waals surface area contributed by atoms with Crippen molar-refractivity contribution in [3.05, 3.63) is 23.9 Å². The van der Waals surface area contributed by atoms with Crippen LogP contribution in [-0.2, 0) is 6.54 Å². The lowest BCUT2D eigenvalue weighted by molar-refractivity contribution is 0.370.